The van der Waals surface area contributed by atoms with Gasteiger partial charge in [0.1, 0.15) is 5.82 Å². The molecule has 0 fully saturated rings. The third kappa shape index (κ3) is 2.47. The van der Waals surface area contributed by atoms with Gasteiger partial charge >= 0.3 is 0 Å². The predicted octanol–water partition coefficient (Wildman–Crippen LogP) is 0.112. The van der Waals surface area contributed by atoms with Crippen LogP contribution in [0.3, 0.4) is 0 Å². The molecule has 6 heteroatoms. The summed E-state index contributed by atoms with van der Waals surface area (Å²) in [5.41, 5.74) is 5.41. The Labute approximate surface area is 92.3 Å². The second kappa shape index (κ2) is 4.61. The quantitative estimate of drug-likeness (QED) is 0.791. The van der Waals surface area contributed by atoms with Gasteiger partial charge in [0.15, 0.2) is 0 Å². The summed E-state index contributed by atoms with van der Waals surface area (Å²) in [6.07, 6.45) is 4.21. The van der Waals surface area contributed by atoms with E-state index in [0.717, 1.165) is 13.0 Å². The van der Waals surface area contributed by atoms with E-state index in [1.807, 2.05) is 6.20 Å². The average molecular weight is 219 g/mol. The molecule has 0 aromatic carbocycles. The molecule has 0 radical (unpaired) electrons. The van der Waals surface area contributed by atoms with E-state index >= 15 is 0 Å². The highest BCUT2D eigenvalue weighted by atomic mass is 16.1. The molecule has 2 N–H and O–H groups in total. The maximum Gasteiger partial charge on any atom is 0.266 e. The minimum absolute atomic E-state index is 0.0810. The molecule has 0 aliphatic rings. The van der Waals surface area contributed by atoms with E-state index in [1.165, 1.54) is 10.7 Å². The first-order valence-corrected chi connectivity index (χ1v) is 5.07. The van der Waals surface area contributed by atoms with Crippen molar-refractivity contribution < 1.29 is 0 Å². The summed E-state index contributed by atoms with van der Waals surface area (Å²) in [6.45, 7) is 1.31. The summed E-state index contributed by atoms with van der Waals surface area (Å²) in [5.74, 6) is 0.509. The molecule has 0 aliphatic heterocycles. The number of aryl methyl sites for hydroxylation is 2. The van der Waals surface area contributed by atoms with Gasteiger partial charge in [0.25, 0.3) is 5.56 Å². The van der Waals surface area contributed by atoms with Gasteiger partial charge in [-0.2, -0.15) is 10.2 Å². The molecule has 2 aromatic heterocycles. The number of nitrogens with zero attached hydrogens (tertiary/aromatic N) is 4. The Morgan fingerprint density at radius 1 is 1.31 bits per heavy atom. The number of hydrogen-bond acceptors (Lipinski definition) is 4. The zero-order valence-electron chi connectivity index (χ0n) is 8.78. The molecule has 84 valence electrons. The van der Waals surface area contributed by atoms with Crippen molar-refractivity contribution in [1.29, 1.82) is 0 Å². The van der Waals surface area contributed by atoms with Gasteiger partial charge in [-0.15, -0.1) is 0 Å². The fourth-order valence-electron chi connectivity index (χ4n) is 1.44. The van der Waals surface area contributed by atoms with E-state index in [9.17, 15) is 4.79 Å². The van der Waals surface area contributed by atoms with Gasteiger partial charge in [0.05, 0.1) is 0 Å². The van der Waals surface area contributed by atoms with Crippen LogP contribution in [0.1, 0.15) is 6.42 Å². The Morgan fingerprint density at radius 2 is 2.19 bits per heavy atom. The fraction of sp³-hybridized carbons (Fsp3) is 0.300. The highest BCUT2D eigenvalue weighted by molar-refractivity contribution is 5.23. The Kier molecular flexibility index (Phi) is 3.00. The molecule has 0 unspecified atom stereocenters. The molecule has 2 rings (SSSR count). The minimum atomic E-state index is -0.0810. The molecule has 2 heterocycles. The van der Waals surface area contributed by atoms with Gasteiger partial charge in [0.2, 0.25) is 0 Å². The second-order valence-electron chi connectivity index (χ2n) is 3.44. The van der Waals surface area contributed by atoms with Crippen molar-refractivity contribution in [3.05, 3.63) is 40.9 Å². The van der Waals surface area contributed by atoms with E-state index in [1.54, 1.807) is 23.0 Å². The van der Waals surface area contributed by atoms with Crippen LogP contribution in [0.25, 0.3) is 0 Å². The Hall–Kier alpha value is -2.11. The predicted molar refractivity (Wildman–Crippen MR) is 59.8 cm³/mol. The van der Waals surface area contributed by atoms with E-state index in [-0.39, 0.29) is 5.56 Å². The summed E-state index contributed by atoms with van der Waals surface area (Å²) >= 11 is 0. The van der Waals surface area contributed by atoms with Crippen LogP contribution in [0.5, 0.6) is 0 Å². The summed E-state index contributed by atoms with van der Waals surface area (Å²) in [5, 5.41) is 8.02. The number of rotatable bonds is 4. The molecular formula is C10H13N5O. The molecule has 16 heavy (non-hydrogen) atoms. The van der Waals surface area contributed by atoms with Crippen LogP contribution < -0.4 is 11.3 Å². The van der Waals surface area contributed by atoms with Crippen LogP contribution in [-0.2, 0) is 13.1 Å². The third-order valence-corrected chi connectivity index (χ3v) is 2.20. The Bertz CT molecular complexity index is 516. The van der Waals surface area contributed by atoms with Crippen molar-refractivity contribution in [3.63, 3.8) is 0 Å². The maximum atomic E-state index is 11.3. The summed E-state index contributed by atoms with van der Waals surface area (Å²) in [7, 11) is 0. The van der Waals surface area contributed by atoms with Crippen LogP contribution >= 0.6 is 0 Å². The van der Waals surface area contributed by atoms with Gasteiger partial charge in [-0.25, -0.2) is 4.68 Å². The second-order valence-corrected chi connectivity index (χ2v) is 3.44. The number of nitrogen functional groups attached to an aromatic ring is 1. The molecule has 0 atom stereocenters. The number of anilines is 1. The highest BCUT2D eigenvalue weighted by Crippen LogP contribution is 1.97. The summed E-state index contributed by atoms with van der Waals surface area (Å²) < 4.78 is 3.19. The Morgan fingerprint density at radius 3 is 2.88 bits per heavy atom. The van der Waals surface area contributed by atoms with Crippen LogP contribution in [-0.4, -0.2) is 19.6 Å². The molecule has 6 nitrogen and oxygen atoms in total. The zero-order chi connectivity index (χ0) is 11.4. The van der Waals surface area contributed by atoms with E-state index in [0.29, 0.717) is 12.4 Å². The van der Waals surface area contributed by atoms with E-state index in [2.05, 4.69) is 10.2 Å². The molecule has 0 aliphatic carbocycles. The third-order valence-electron chi connectivity index (χ3n) is 2.20. The van der Waals surface area contributed by atoms with Crippen molar-refractivity contribution >= 4 is 5.82 Å². The first kappa shape index (κ1) is 10.4. The lowest BCUT2D eigenvalue weighted by Gasteiger charge is -2.03. The van der Waals surface area contributed by atoms with E-state index in [4.69, 9.17) is 5.73 Å². The van der Waals surface area contributed by atoms with Crippen molar-refractivity contribution in [3.8, 4) is 0 Å². The molecule has 2 aromatic rings. The summed E-state index contributed by atoms with van der Waals surface area (Å²) in [6, 6.07) is 4.87. The van der Waals surface area contributed by atoms with Gasteiger partial charge in [-0.1, -0.05) is 0 Å². The van der Waals surface area contributed by atoms with Crippen LogP contribution in [0, 0.1) is 0 Å². The number of hydrogen-bond donors (Lipinski definition) is 1. The van der Waals surface area contributed by atoms with Gasteiger partial charge in [-0.3, -0.25) is 9.48 Å². The lowest BCUT2D eigenvalue weighted by Crippen LogP contribution is -2.21. The van der Waals surface area contributed by atoms with Crippen LogP contribution in [0.15, 0.2) is 35.4 Å². The highest BCUT2D eigenvalue weighted by Gasteiger charge is 1.97. The summed E-state index contributed by atoms with van der Waals surface area (Å²) in [4.78, 5) is 11.3. The lowest BCUT2D eigenvalue weighted by atomic mass is 10.4. The molecule has 0 saturated heterocycles. The van der Waals surface area contributed by atoms with Crippen LogP contribution in [0.2, 0.25) is 0 Å². The monoisotopic (exact) mass is 219 g/mol. The van der Waals surface area contributed by atoms with Gasteiger partial charge < -0.3 is 5.73 Å². The van der Waals surface area contributed by atoms with Gasteiger partial charge in [0, 0.05) is 31.5 Å². The topological polar surface area (TPSA) is 78.7 Å². The average Bonchev–Trinajstić information content (AvgIpc) is 2.67. The maximum absolute atomic E-state index is 11.3. The first-order chi connectivity index (χ1) is 7.75. The smallest absolute Gasteiger partial charge is 0.266 e. The number of aromatic nitrogens is 4. The van der Waals surface area contributed by atoms with Crippen LogP contribution in [0.4, 0.5) is 5.82 Å². The molecule has 0 amide bonds. The van der Waals surface area contributed by atoms with Crippen molar-refractivity contribution in [2.24, 2.45) is 0 Å². The number of nitrogens with two attached hydrogens (primary N) is 1. The van der Waals surface area contributed by atoms with Gasteiger partial charge in [-0.05, 0) is 18.6 Å². The minimum Gasteiger partial charge on any atom is -0.382 e. The SMILES string of the molecule is Nc1ccn(CCCn2ncccc2=O)n1. The lowest BCUT2D eigenvalue weighted by molar-refractivity contribution is 0.486. The molecule has 0 bridgehead atoms. The zero-order valence-corrected chi connectivity index (χ0v) is 8.78. The molecular weight excluding hydrogens is 206 g/mol. The van der Waals surface area contributed by atoms with E-state index < -0.39 is 0 Å². The fourth-order valence-corrected chi connectivity index (χ4v) is 1.44. The van der Waals surface area contributed by atoms with Crippen molar-refractivity contribution in [2.45, 2.75) is 19.5 Å². The first-order valence-electron chi connectivity index (χ1n) is 5.07. The largest absolute Gasteiger partial charge is 0.382 e. The van der Waals surface area contributed by atoms with Crippen molar-refractivity contribution in [2.75, 3.05) is 5.73 Å². The normalized spacial score (nSPS) is 10.5. The Balaban J connectivity index is 1.89. The molecule has 0 spiro atoms. The van der Waals surface area contributed by atoms with Crippen molar-refractivity contribution in [1.82, 2.24) is 19.6 Å². The molecule has 0 saturated carbocycles. The standard InChI is InChI=1S/C10H13N5O/c11-9-4-8-14(13-9)6-2-7-15-10(16)3-1-5-12-15/h1,3-5,8H,2,6-7H2,(H2,11,13).